The lowest BCUT2D eigenvalue weighted by Gasteiger charge is -2.33. The van der Waals surface area contributed by atoms with E-state index in [1.54, 1.807) is 11.1 Å². The van der Waals surface area contributed by atoms with Gasteiger partial charge >= 0.3 is 0 Å². The molecule has 0 unspecified atom stereocenters. The predicted molar refractivity (Wildman–Crippen MR) is 175 cm³/mol. The molecule has 0 aromatic heterocycles. The number of halogens is 2. The Morgan fingerprint density at radius 3 is 1.37 bits per heavy atom. The third-order valence-corrected chi connectivity index (χ3v) is 8.55. The van der Waals surface area contributed by atoms with Crippen molar-refractivity contribution in [1.82, 2.24) is 0 Å². The first-order chi connectivity index (χ1) is 17.2. The molecule has 0 atom stereocenters. The lowest BCUT2D eigenvalue weighted by Crippen LogP contribution is -2.25. The van der Waals surface area contributed by atoms with Gasteiger partial charge in [0.2, 0.25) is 0 Å². The van der Waals surface area contributed by atoms with Gasteiger partial charge in [0.15, 0.2) is 0 Å². The maximum Gasteiger partial charge on any atom is 0.0215 e. The van der Waals surface area contributed by atoms with Crippen molar-refractivity contribution in [1.29, 1.82) is 0 Å². The molecule has 0 saturated carbocycles. The Morgan fingerprint density at radius 1 is 0.571 bits per heavy atom. The highest BCUT2D eigenvalue weighted by Gasteiger charge is 2.42. The van der Waals surface area contributed by atoms with Gasteiger partial charge in [0.05, 0.1) is 0 Å². The van der Waals surface area contributed by atoms with Gasteiger partial charge in [-0.25, -0.2) is 0 Å². The van der Waals surface area contributed by atoms with E-state index in [9.17, 15) is 0 Å². The van der Waals surface area contributed by atoms with E-state index in [1.165, 1.54) is 112 Å². The number of hydrogen-bond donors (Lipinski definition) is 0. The van der Waals surface area contributed by atoms with Crippen LogP contribution in [-0.4, -0.2) is 0 Å². The minimum atomic E-state index is 0.157. The van der Waals surface area contributed by atoms with Crippen LogP contribution < -0.4 is 0 Å². The largest absolute Gasteiger partial charge is 0.0654 e. The number of benzene rings is 2. The van der Waals surface area contributed by atoms with Gasteiger partial charge in [-0.1, -0.05) is 172 Å². The Bertz CT molecular complexity index is 890. The number of fused-ring (bicyclic) bond motifs is 3. The van der Waals surface area contributed by atoms with Crippen LogP contribution in [-0.2, 0) is 5.41 Å². The smallest absolute Gasteiger partial charge is 0.0215 e. The molecule has 0 amide bonds. The van der Waals surface area contributed by atoms with Crippen LogP contribution in [0.3, 0.4) is 0 Å². The molecule has 0 radical (unpaired) electrons. The topological polar surface area (TPSA) is 0 Å². The first-order valence-corrected chi connectivity index (χ1v) is 16.5. The van der Waals surface area contributed by atoms with E-state index in [4.69, 9.17) is 0 Å². The molecule has 0 bridgehead atoms. The predicted octanol–water partition coefficient (Wildman–Crippen LogP) is 12.3. The Labute approximate surface area is 242 Å². The standard InChI is InChI=1S/C33H44I2/c1-3-5-7-9-11-13-21-33(22-14-12-10-8-6-4-2)31-25-27(19-23-34)15-17-29(31)30-18-16-28(20-24-35)26-32(30)33/h15-20,23-26H,3-14,21-22H2,1-2H3/b23-19+,24-20+. The van der Waals surface area contributed by atoms with Gasteiger partial charge < -0.3 is 0 Å². The molecule has 1 aliphatic carbocycles. The van der Waals surface area contributed by atoms with Crippen molar-refractivity contribution in [3.05, 3.63) is 66.8 Å². The fourth-order valence-electron chi connectivity index (χ4n) is 5.96. The fraction of sp³-hybridized carbons (Fsp3) is 0.515. The summed E-state index contributed by atoms with van der Waals surface area (Å²) in [6.45, 7) is 4.62. The van der Waals surface area contributed by atoms with E-state index < -0.39 is 0 Å². The van der Waals surface area contributed by atoms with Crippen molar-refractivity contribution in [2.45, 2.75) is 109 Å². The minimum absolute atomic E-state index is 0.157. The summed E-state index contributed by atoms with van der Waals surface area (Å²) in [6, 6.07) is 14.5. The van der Waals surface area contributed by atoms with Crippen LogP contribution in [0, 0.1) is 0 Å². The third kappa shape index (κ3) is 7.69. The molecular weight excluding hydrogens is 650 g/mol. The quantitative estimate of drug-likeness (QED) is 0.121. The lowest BCUT2D eigenvalue weighted by atomic mass is 9.70. The van der Waals surface area contributed by atoms with Crippen LogP contribution in [0.15, 0.2) is 44.6 Å². The van der Waals surface area contributed by atoms with Crippen LogP contribution in [0.25, 0.3) is 23.3 Å². The summed E-state index contributed by atoms with van der Waals surface area (Å²) in [5, 5.41) is 0. The highest BCUT2D eigenvalue weighted by atomic mass is 127. The second kappa shape index (κ2) is 15.6. The maximum absolute atomic E-state index is 2.52. The van der Waals surface area contributed by atoms with E-state index in [2.05, 4.69) is 116 Å². The van der Waals surface area contributed by atoms with Crippen molar-refractivity contribution >= 4 is 57.3 Å². The van der Waals surface area contributed by atoms with Gasteiger partial charge in [-0.2, -0.15) is 0 Å². The molecule has 2 aromatic carbocycles. The van der Waals surface area contributed by atoms with Gasteiger partial charge in [-0.05, 0) is 66.5 Å². The molecular formula is C33H44I2. The van der Waals surface area contributed by atoms with Gasteiger partial charge in [-0.15, -0.1) is 0 Å². The van der Waals surface area contributed by atoms with Gasteiger partial charge in [0.1, 0.15) is 0 Å². The van der Waals surface area contributed by atoms with Crippen LogP contribution in [0.2, 0.25) is 0 Å². The van der Waals surface area contributed by atoms with Gasteiger partial charge in [-0.3, -0.25) is 0 Å². The average Bonchev–Trinajstić information content (AvgIpc) is 3.13. The minimum Gasteiger partial charge on any atom is -0.0654 e. The summed E-state index contributed by atoms with van der Waals surface area (Å²) in [7, 11) is 0. The number of unbranched alkanes of at least 4 members (excludes halogenated alkanes) is 10. The van der Waals surface area contributed by atoms with Gasteiger partial charge in [0.25, 0.3) is 0 Å². The molecule has 0 heterocycles. The number of rotatable bonds is 16. The van der Waals surface area contributed by atoms with Crippen molar-refractivity contribution < 1.29 is 0 Å². The zero-order chi connectivity index (χ0) is 24.9. The molecule has 0 nitrogen and oxygen atoms in total. The molecule has 0 fully saturated rings. The summed E-state index contributed by atoms with van der Waals surface area (Å²) in [4.78, 5) is 0. The lowest BCUT2D eigenvalue weighted by molar-refractivity contribution is 0.398. The molecule has 0 saturated heterocycles. The van der Waals surface area contributed by atoms with Crippen LogP contribution >= 0.6 is 45.2 Å². The van der Waals surface area contributed by atoms with E-state index in [0.29, 0.717) is 0 Å². The van der Waals surface area contributed by atoms with Crippen molar-refractivity contribution in [2.24, 2.45) is 0 Å². The summed E-state index contributed by atoms with van der Waals surface area (Å²) >= 11 is 4.70. The molecule has 0 N–H and O–H groups in total. The van der Waals surface area contributed by atoms with E-state index in [1.807, 2.05) is 0 Å². The maximum atomic E-state index is 2.52. The average molecular weight is 695 g/mol. The van der Waals surface area contributed by atoms with Crippen LogP contribution in [0.1, 0.15) is 126 Å². The third-order valence-electron chi connectivity index (χ3n) is 7.83. The molecule has 0 aliphatic heterocycles. The zero-order valence-electron chi connectivity index (χ0n) is 21.9. The highest BCUT2D eigenvalue weighted by molar-refractivity contribution is 14.1. The SMILES string of the molecule is CCCCCCCCC1(CCCCCCCC)c2cc(/C=C/I)ccc2-c2ccc(/C=C/I)cc21. The Kier molecular flexibility index (Phi) is 12.9. The molecule has 1 aliphatic rings. The second-order valence-electron chi connectivity index (χ2n) is 10.3. The van der Waals surface area contributed by atoms with E-state index in [0.717, 1.165) is 0 Å². The van der Waals surface area contributed by atoms with Crippen molar-refractivity contribution in [3.63, 3.8) is 0 Å². The zero-order valence-corrected chi connectivity index (χ0v) is 26.2. The summed E-state index contributed by atoms with van der Waals surface area (Å²) in [5.74, 6) is 0. The normalized spacial score (nSPS) is 14.2. The Balaban J connectivity index is 1.97. The van der Waals surface area contributed by atoms with Crippen LogP contribution in [0.4, 0.5) is 0 Å². The summed E-state index contributed by atoms with van der Waals surface area (Å²) in [5.41, 5.74) is 8.99. The summed E-state index contributed by atoms with van der Waals surface area (Å²) < 4.78 is 4.29. The monoisotopic (exact) mass is 694 g/mol. The number of hydrogen-bond acceptors (Lipinski definition) is 0. The van der Waals surface area contributed by atoms with Crippen molar-refractivity contribution in [3.8, 4) is 11.1 Å². The van der Waals surface area contributed by atoms with Gasteiger partial charge in [0, 0.05) is 5.41 Å². The van der Waals surface area contributed by atoms with E-state index in [-0.39, 0.29) is 5.41 Å². The molecule has 2 aromatic rings. The second-order valence-corrected chi connectivity index (χ2v) is 11.8. The first kappa shape index (κ1) is 28.9. The van der Waals surface area contributed by atoms with Crippen LogP contribution in [0.5, 0.6) is 0 Å². The van der Waals surface area contributed by atoms with E-state index >= 15 is 0 Å². The molecule has 35 heavy (non-hydrogen) atoms. The highest BCUT2D eigenvalue weighted by Crippen LogP contribution is 2.54. The Hall–Kier alpha value is -0.620. The fourth-order valence-corrected chi connectivity index (χ4v) is 6.79. The van der Waals surface area contributed by atoms with Crippen molar-refractivity contribution in [2.75, 3.05) is 0 Å². The first-order valence-electron chi connectivity index (χ1n) is 14.0. The molecule has 0 spiro atoms. The Morgan fingerprint density at radius 2 is 0.971 bits per heavy atom. The molecule has 3 rings (SSSR count). The molecule has 190 valence electrons. The summed E-state index contributed by atoms with van der Waals surface area (Å²) in [6.07, 6.45) is 23.4. The molecule has 2 heteroatoms.